The Bertz CT molecular complexity index is 634. The average Bonchev–Trinajstić information content (AvgIpc) is 2.87. The van der Waals surface area contributed by atoms with Gasteiger partial charge in [-0.3, -0.25) is 4.79 Å². The number of aromatic nitrogens is 1. The van der Waals surface area contributed by atoms with E-state index in [1.54, 1.807) is 0 Å². The smallest absolute Gasteiger partial charge is 0.263 e. The van der Waals surface area contributed by atoms with Crippen molar-refractivity contribution >= 4 is 17.2 Å². The first-order chi connectivity index (χ1) is 11.0. The summed E-state index contributed by atoms with van der Waals surface area (Å²) in [5.74, 6) is 1.01. The number of carbonyl (C=O) groups excluding carboxylic acids is 1. The van der Waals surface area contributed by atoms with Crippen molar-refractivity contribution in [2.45, 2.75) is 46.5 Å². The van der Waals surface area contributed by atoms with Gasteiger partial charge >= 0.3 is 0 Å². The maximum absolute atomic E-state index is 12.3. The molecule has 0 aliphatic rings. The van der Waals surface area contributed by atoms with Gasteiger partial charge in [0.2, 0.25) is 0 Å². The van der Waals surface area contributed by atoms with Crippen LogP contribution in [-0.2, 0) is 6.42 Å². The maximum atomic E-state index is 12.3. The Morgan fingerprint density at radius 1 is 1.22 bits per heavy atom. The summed E-state index contributed by atoms with van der Waals surface area (Å²) in [7, 11) is 0. The topological polar surface area (TPSA) is 42.0 Å². The standard InChI is InChI=1S/C19H26N2OS/c1-13(2)12-17-21-15(4)18(23-17)19(22)20-11-10-14(3)16-8-6-5-7-9-16/h5-9,13-14H,10-12H2,1-4H3,(H,20,22). The Hall–Kier alpha value is -1.68. The number of amides is 1. The summed E-state index contributed by atoms with van der Waals surface area (Å²) in [6.07, 6.45) is 1.87. The molecule has 1 aromatic carbocycles. The van der Waals surface area contributed by atoms with Crippen LogP contribution in [0.15, 0.2) is 30.3 Å². The third-order valence-electron chi connectivity index (χ3n) is 3.86. The lowest BCUT2D eigenvalue weighted by molar-refractivity contribution is 0.0956. The molecule has 1 unspecified atom stereocenters. The van der Waals surface area contributed by atoms with E-state index in [9.17, 15) is 4.79 Å². The molecule has 23 heavy (non-hydrogen) atoms. The van der Waals surface area contributed by atoms with Crippen LogP contribution in [0.4, 0.5) is 0 Å². The highest BCUT2D eigenvalue weighted by atomic mass is 32.1. The molecule has 0 bridgehead atoms. The number of carbonyl (C=O) groups is 1. The van der Waals surface area contributed by atoms with E-state index in [2.05, 4.69) is 55.3 Å². The van der Waals surface area contributed by atoms with E-state index in [-0.39, 0.29) is 5.91 Å². The molecule has 1 heterocycles. The minimum atomic E-state index is 0.00951. The van der Waals surface area contributed by atoms with Gasteiger partial charge in [-0.1, -0.05) is 51.1 Å². The van der Waals surface area contributed by atoms with Crippen LogP contribution in [0.2, 0.25) is 0 Å². The van der Waals surface area contributed by atoms with E-state index in [1.165, 1.54) is 16.9 Å². The molecule has 2 aromatic rings. The second kappa shape index (κ2) is 8.25. The molecule has 4 heteroatoms. The summed E-state index contributed by atoms with van der Waals surface area (Å²) < 4.78 is 0. The third-order valence-corrected chi connectivity index (χ3v) is 5.04. The van der Waals surface area contributed by atoms with Gasteiger partial charge in [0.15, 0.2) is 0 Å². The number of nitrogens with one attached hydrogen (secondary N) is 1. The molecule has 0 aliphatic carbocycles. The van der Waals surface area contributed by atoms with Crippen LogP contribution in [0, 0.1) is 12.8 Å². The Morgan fingerprint density at radius 2 is 1.91 bits per heavy atom. The van der Waals surface area contributed by atoms with Crippen LogP contribution < -0.4 is 5.32 Å². The van der Waals surface area contributed by atoms with Gasteiger partial charge in [-0.15, -0.1) is 11.3 Å². The van der Waals surface area contributed by atoms with Crippen LogP contribution >= 0.6 is 11.3 Å². The number of nitrogens with zero attached hydrogens (tertiary/aromatic N) is 1. The summed E-state index contributed by atoms with van der Waals surface area (Å²) in [6.45, 7) is 9.14. The number of thiazole rings is 1. The number of hydrogen-bond acceptors (Lipinski definition) is 3. The molecule has 0 radical (unpaired) electrons. The molecule has 1 atom stereocenters. The summed E-state index contributed by atoms with van der Waals surface area (Å²) in [6, 6.07) is 10.4. The third kappa shape index (κ3) is 5.17. The summed E-state index contributed by atoms with van der Waals surface area (Å²) in [5, 5.41) is 4.09. The molecule has 0 aliphatic heterocycles. The van der Waals surface area contributed by atoms with Gasteiger partial charge in [-0.2, -0.15) is 0 Å². The normalized spacial score (nSPS) is 12.4. The van der Waals surface area contributed by atoms with E-state index >= 15 is 0 Å². The van der Waals surface area contributed by atoms with Crippen molar-refractivity contribution in [2.24, 2.45) is 5.92 Å². The molecule has 124 valence electrons. The molecule has 0 saturated carbocycles. The fourth-order valence-corrected chi connectivity index (χ4v) is 3.72. The van der Waals surface area contributed by atoms with Crippen LogP contribution in [0.3, 0.4) is 0 Å². The van der Waals surface area contributed by atoms with E-state index in [0.29, 0.717) is 18.4 Å². The van der Waals surface area contributed by atoms with E-state index in [1.807, 2.05) is 13.0 Å². The minimum absolute atomic E-state index is 0.00951. The lowest BCUT2D eigenvalue weighted by atomic mass is 9.98. The number of hydrogen-bond donors (Lipinski definition) is 1. The molecular weight excluding hydrogens is 304 g/mol. The first-order valence-corrected chi connectivity index (χ1v) is 9.08. The molecule has 0 spiro atoms. The second-order valence-corrected chi connectivity index (χ2v) is 7.56. The van der Waals surface area contributed by atoms with Crippen molar-refractivity contribution in [2.75, 3.05) is 6.54 Å². The average molecular weight is 330 g/mol. The Balaban J connectivity index is 1.86. The van der Waals surface area contributed by atoms with Gasteiger partial charge in [-0.05, 0) is 30.7 Å². The summed E-state index contributed by atoms with van der Waals surface area (Å²) in [4.78, 5) is 17.6. The van der Waals surface area contributed by atoms with E-state index < -0.39 is 0 Å². The van der Waals surface area contributed by atoms with Crippen molar-refractivity contribution in [3.05, 3.63) is 51.5 Å². The highest BCUT2D eigenvalue weighted by Gasteiger charge is 2.16. The SMILES string of the molecule is Cc1nc(CC(C)C)sc1C(=O)NCCC(C)c1ccccc1. The van der Waals surface area contributed by atoms with Gasteiger partial charge in [0.25, 0.3) is 5.91 Å². The molecule has 3 nitrogen and oxygen atoms in total. The van der Waals surface area contributed by atoms with Crippen LogP contribution in [0.25, 0.3) is 0 Å². The van der Waals surface area contributed by atoms with Crippen molar-refractivity contribution < 1.29 is 4.79 Å². The van der Waals surface area contributed by atoms with Gasteiger partial charge in [-0.25, -0.2) is 4.98 Å². The Morgan fingerprint density at radius 3 is 2.57 bits per heavy atom. The quantitative estimate of drug-likeness (QED) is 0.808. The van der Waals surface area contributed by atoms with Crippen LogP contribution in [0.5, 0.6) is 0 Å². The molecule has 1 aromatic heterocycles. The maximum Gasteiger partial charge on any atom is 0.263 e. The molecule has 0 saturated heterocycles. The molecule has 2 rings (SSSR count). The van der Waals surface area contributed by atoms with Gasteiger partial charge in [0.05, 0.1) is 10.7 Å². The van der Waals surface area contributed by atoms with Gasteiger partial charge in [0.1, 0.15) is 4.88 Å². The van der Waals surface area contributed by atoms with E-state index in [0.717, 1.165) is 28.4 Å². The molecule has 1 amide bonds. The summed E-state index contributed by atoms with van der Waals surface area (Å²) >= 11 is 1.53. The fraction of sp³-hybridized carbons (Fsp3) is 0.474. The minimum Gasteiger partial charge on any atom is -0.351 e. The number of rotatable bonds is 7. The zero-order valence-electron chi connectivity index (χ0n) is 14.4. The van der Waals surface area contributed by atoms with Crippen LogP contribution in [0.1, 0.15) is 59.0 Å². The van der Waals surface area contributed by atoms with Crippen molar-refractivity contribution in [3.63, 3.8) is 0 Å². The van der Waals surface area contributed by atoms with Crippen LogP contribution in [-0.4, -0.2) is 17.4 Å². The molecule has 1 N–H and O–H groups in total. The first-order valence-electron chi connectivity index (χ1n) is 8.26. The largest absolute Gasteiger partial charge is 0.351 e. The zero-order valence-corrected chi connectivity index (χ0v) is 15.2. The first kappa shape index (κ1) is 17.7. The number of aryl methyl sites for hydroxylation is 1. The predicted octanol–water partition coefficient (Wildman–Crippen LogP) is 4.57. The van der Waals surface area contributed by atoms with E-state index in [4.69, 9.17) is 0 Å². The molecule has 0 fully saturated rings. The molecular formula is C19H26N2OS. The number of benzene rings is 1. The predicted molar refractivity (Wildman–Crippen MR) is 97.2 cm³/mol. The van der Waals surface area contributed by atoms with Crippen molar-refractivity contribution in [1.82, 2.24) is 10.3 Å². The van der Waals surface area contributed by atoms with Gasteiger partial charge in [0, 0.05) is 13.0 Å². The highest BCUT2D eigenvalue weighted by molar-refractivity contribution is 7.13. The monoisotopic (exact) mass is 330 g/mol. The Kier molecular flexibility index (Phi) is 6.34. The second-order valence-electron chi connectivity index (χ2n) is 6.48. The Labute approximate surface area is 143 Å². The highest BCUT2D eigenvalue weighted by Crippen LogP contribution is 2.21. The van der Waals surface area contributed by atoms with Crippen molar-refractivity contribution in [3.8, 4) is 0 Å². The zero-order chi connectivity index (χ0) is 16.8. The fourth-order valence-electron chi connectivity index (χ4n) is 2.53. The lowest BCUT2D eigenvalue weighted by Gasteiger charge is -2.12. The summed E-state index contributed by atoms with van der Waals surface area (Å²) in [5.41, 5.74) is 2.16. The van der Waals surface area contributed by atoms with Crippen molar-refractivity contribution in [1.29, 1.82) is 0 Å². The lowest BCUT2D eigenvalue weighted by Crippen LogP contribution is -2.25. The van der Waals surface area contributed by atoms with Gasteiger partial charge < -0.3 is 5.32 Å².